The van der Waals surface area contributed by atoms with Crippen LogP contribution in [0.3, 0.4) is 0 Å². The van der Waals surface area contributed by atoms with E-state index in [1.807, 2.05) is 38.1 Å². The maximum Gasteiger partial charge on any atom is 0.328 e. The molecule has 1 unspecified atom stereocenters. The van der Waals surface area contributed by atoms with E-state index in [1.54, 1.807) is 4.52 Å². The van der Waals surface area contributed by atoms with E-state index >= 15 is 0 Å². The second-order valence-corrected chi connectivity index (χ2v) is 6.80. The lowest BCUT2D eigenvalue weighted by Crippen LogP contribution is -2.44. The van der Waals surface area contributed by atoms with Crippen LogP contribution in [0, 0.1) is 13.8 Å². The number of rotatable bonds is 9. The van der Waals surface area contributed by atoms with Crippen LogP contribution in [0.1, 0.15) is 23.4 Å². The summed E-state index contributed by atoms with van der Waals surface area (Å²) in [5.74, 6) is -1.50. The van der Waals surface area contributed by atoms with E-state index < -0.39 is 12.0 Å². The van der Waals surface area contributed by atoms with Crippen LogP contribution in [0.5, 0.6) is 0 Å². The number of fused-ring (bicyclic) bond motifs is 3. The molecule has 0 spiro atoms. The van der Waals surface area contributed by atoms with Crippen LogP contribution < -0.4 is 5.32 Å². The molecule has 2 N–H and O–H groups in total. The van der Waals surface area contributed by atoms with E-state index in [0.717, 1.165) is 33.5 Å². The van der Waals surface area contributed by atoms with Gasteiger partial charge in [-0.1, -0.05) is 18.2 Å². The number of hydrogen-bond donors (Lipinski definition) is 2. The molecule has 3 aromatic rings. The summed E-state index contributed by atoms with van der Waals surface area (Å²) in [7, 11) is 0. The van der Waals surface area contributed by atoms with Crippen molar-refractivity contribution in [2.24, 2.45) is 0 Å². The normalized spacial score (nSPS) is 12.2. The molecule has 3 rings (SSSR count). The number of ether oxygens (including phenoxy) is 1. The second-order valence-electron chi connectivity index (χ2n) is 6.80. The molecule has 1 atom stereocenters. The molecule has 0 saturated heterocycles. The highest BCUT2D eigenvalue weighted by molar-refractivity contribution is 5.92. The highest BCUT2D eigenvalue weighted by atomic mass is 16.5. The number of carboxylic acid groups (broad SMARTS) is 1. The molecule has 1 aromatic carbocycles. The summed E-state index contributed by atoms with van der Waals surface area (Å²) in [6.07, 6.45) is 2.09. The third-order valence-corrected chi connectivity index (χ3v) is 4.77. The third kappa shape index (κ3) is 4.43. The molecule has 8 nitrogen and oxygen atoms in total. The first kappa shape index (κ1) is 20.5. The fourth-order valence-corrected chi connectivity index (χ4v) is 3.29. The molecule has 152 valence electrons. The van der Waals surface area contributed by atoms with Crippen molar-refractivity contribution in [2.75, 3.05) is 13.2 Å². The molecule has 0 aliphatic carbocycles. The molecule has 2 heterocycles. The lowest BCUT2D eigenvalue weighted by molar-refractivity contribution is -0.143. The van der Waals surface area contributed by atoms with Crippen LogP contribution in [0.15, 0.2) is 36.9 Å². The quantitative estimate of drug-likeness (QED) is 0.424. The van der Waals surface area contributed by atoms with Gasteiger partial charge >= 0.3 is 5.97 Å². The van der Waals surface area contributed by atoms with Gasteiger partial charge < -0.3 is 15.2 Å². The Morgan fingerprint density at radius 3 is 2.83 bits per heavy atom. The predicted octanol–water partition coefficient (Wildman–Crippen LogP) is 2.20. The fraction of sp³-hybridized carbons (Fsp3) is 0.333. The van der Waals surface area contributed by atoms with Gasteiger partial charge in [0, 0.05) is 23.2 Å². The van der Waals surface area contributed by atoms with Crippen LogP contribution in [0.2, 0.25) is 0 Å². The largest absolute Gasteiger partial charge is 0.480 e. The minimum atomic E-state index is -1.14. The third-order valence-electron chi connectivity index (χ3n) is 4.77. The standard InChI is InChI=1S/C21H24N4O4/c1-4-11-29-12-18(21(27)28)23-19(26)10-9-15-13(2)22-20-16-7-5-6-8-17(16)24-25(20)14(15)3/h4-8,18H,1,9-12H2,2-3H3,(H,23,26)(H,27,28). The molecular weight excluding hydrogens is 372 g/mol. The minimum Gasteiger partial charge on any atom is -0.480 e. The Hall–Kier alpha value is -3.26. The lowest BCUT2D eigenvalue weighted by atomic mass is 10.1. The first-order chi connectivity index (χ1) is 13.9. The van der Waals surface area contributed by atoms with Crippen LogP contribution in [-0.4, -0.2) is 50.8 Å². The highest BCUT2D eigenvalue weighted by Crippen LogP contribution is 2.22. The summed E-state index contributed by atoms with van der Waals surface area (Å²) in [6, 6.07) is 6.71. The summed E-state index contributed by atoms with van der Waals surface area (Å²) >= 11 is 0. The predicted molar refractivity (Wildman–Crippen MR) is 109 cm³/mol. The Morgan fingerprint density at radius 1 is 1.34 bits per heavy atom. The first-order valence-electron chi connectivity index (χ1n) is 9.36. The van der Waals surface area contributed by atoms with E-state index in [1.165, 1.54) is 6.08 Å². The van der Waals surface area contributed by atoms with Crippen LogP contribution >= 0.6 is 0 Å². The van der Waals surface area contributed by atoms with Crippen molar-refractivity contribution in [2.45, 2.75) is 32.7 Å². The monoisotopic (exact) mass is 396 g/mol. The van der Waals surface area contributed by atoms with E-state index in [9.17, 15) is 14.7 Å². The number of nitrogens with one attached hydrogen (secondary N) is 1. The number of hydrogen-bond acceptors (Lipinski definition) is 5. The number of amides is 1. The van der Waals surface area contributed by atoms with Crippen molar-refractivity contribution >= 4 is 28.4 Å². The Balaban J connectivity index is 1.74. The average Bonchev–Trinajstić information content (AvgIpc) is 3.06. The minimum absolute atomic E-state index is 0.113. The number of carboxylic acids is 1. The Morgan fingerprint density at radius 2 is 2.10 bits per heavy atom. The van der Waals surface area contributed by atoms with Crippen molar-refractivity contribution < 1.29 is 19.4 Å². The van der Waals surface area contributed by atoms with Crippen LogP contribution in [-0.2, 0) is 20.7 Å². The zero-order valence-corrected chi connectivity index (χ0v) is 16.5. The van der Waals surface area contributed by atoms with E-state index in [-0.39, 0.29) is 25.5 Å². The summed E-state index contributed by atoms with van der Waals surface area (Å²) < 4.78 is 6.95. The molecule has 29 heavy (non-hydrogen) atoms. The van der Waals surface area contributed by atoms with E-state index in [2.05, 4.69) is 22.0 Å². The second kappa shape index (κ2) is 8.83. The Labute approximate surface area is 168 Å². The van der Waals surface area contributed by atoms with Crippen molar-refractivity contribution in [3.63, 3.8) is 0 Å². The van der Waals surface area contributed by atoms with Crippen molar-refractivity contribution in [3.05, 3.63) is 53.9 Å². The van der Waals surface area contributed by atoms with Crippen LogP contribution in [0.25, 0.3) is 16.6 Å². The lowest BCUT2D eigenvalue weighted by Gasteiger charge is -2.15. The van der Waals surface area contributed by atoms with Crippen molar-refractivity contribution in [3.8, 4) is 0 Å². The van der Waals surface area contributed by atoms with Gasteiger partial charge in [0.15, 0.2) is 11.7 Å². The maximum absolute atomic E-state index is 12.3. The van der Waals surface area contributed by atoms with Gasteiger partial charge in [-0.05, 0) is 38.0 Å². The number of benzene rings is 1. The van der Waals surface area contributed by atoms with Gasteiger partial charge in [0.1, 0.15) is 0 Å². The van der Waals surface area contributed by atoms with Gasteiger partial charge in [0.25, 0.3) is 0 Å². The number of nitrogens with zero attached hydrogens (tertiary/aromatic N) is 3. The molecule has 0 fully saturated rings. The average molecular weight is 396 g/mol. The van der Waals surface area contributed by atoms with E-state index in [0.29, 0.717) is 6.42 Å². The topological polar surface area (TPSA) is 106 Å². The molecule has 0 radical (unpaired) electrons. The molecule has 0 aliphatic rings. The molecule has 0 aliphatic heterocycles. The molecule has 1 amide bonds. The molecule has 2 aromatic heterocycles. The van der Waals surface area contributed by atoms with Gasteiger partial charge in [-0.3, -0.25) is 4.79 Å². The number of aryl methyl sites for hydroxylation is 2. The summed E-state index contributed by atoms with van der Waals surface area (Å²) in [6.45, 7) is 7.47. The molecule has 0 saturated carbocycles. The Kier molecular flexibility index (Phi) is 6.23. The zero-order chi connectivity index (χ0) is 21.0. The van der Waals surface area contributed by atoms with Crippen molar-refractivity contribution in [1.29, 1.82) is 0 Å². The van der Waals surface area contributed by atoms with Gasteiger partial charge in [-0.15, -0.1) is 6.58 Å². The summed E-state index contributed by atoms with van der Waals surface area (Å²) in [5.41, 5.74) is 4.32. The molecular formula is C21H24N4O4. The van der Waals surface area contributed by atoms with Gasteiger partial charge in [-0.25, -0.2) is 14.3 Å². The number of aromatic nitrogens is 3. The zero-order valence-electron chi connectivity index (χ0n) is 16.5. The van der Waals surface area contributed by atoms with Gasteiger partial charge in [0.05, 0.1) is 18.7 Å². The summed E-state index contributed by atoms with van der Waals surface area (Å²) in [5, 5.41) is 17.3. The maximum atomic E-state index is 12.3. The Bertz CT molecular complexity index is 1070. The molecule has 8 heteroatoms. The summed E-state index contributed by atoms with van der Waals surface area (Å²) in [4.78, 5) is 28.3. The number of carbonyl (C=O) groups excluding carboxylic acids is 1. The first-order valence-corrected chi connectivity index (χ1v) is 9.36. The van der Waals surface area contributed by atoms with E-state index in [4.69, 9.17) is 4.74 Å². The number of carbonyl (C=O) groups is 2. The highest BCUT2D eigenvalue weighted by Gasteiger charge is 2.21. The number of aliphatic carboxylic acids is 1. The fourth-order valence-electron chi connectivity index (χ4n) is 3.29. The van der Waals surface area contributed by atoms with Gasteiger partial charge in [-0.2, -0.15) is 5.10 Å². The van der Waals surface area contributed by atoms with Crippen molar-refractivity contribution in [1.82, 2.24) is 19.9 Å². The SMILES string of the molecule is C=CCOCC(NC(=O)CCc1c(C)nc2c3ccccc3nn2c1C)C(=O)O. The smallest absolute Gasteiger partial charge is 0.328 e. The van der Waals surface area contributed by atoms with Crippen LogP contribution in [0.4, 0.5) is 0 Å². The molecule has 0 bridgehead atoms. The van der Waals surface area contributed by atoms with Gasteiger partial charge in [0.2, 0.25) is 5.91 Å².